The van der Waals surface area contributed by atoms with E-state index in [1.165, 1.54) is 69.3 Å². The Balaban J connectivity index is 2.30. The molecule has 0 aliphatic heterocycles. The largest absolute Gasteiger partial charge is 0.384 e. The van der Waals surface area contributed by atoms with Crippen molar-refractivity contribution in [1.29, 1.82) is 0 Å². The maximum atomic E-state index is 11.8. The molecule has 172 valence electrons. The first-order chi connectivity index (χ1) is 15.0. The van der Waals surface area contributed by atoms with E-state index in [4.69, 9.17) is 0 Å². The van der Waals surface area contributed by atoms with E-state index in [1.54, 1.807) is 0 Å². The Labute approximate surface area is 191 Å². The van der Waals surface area contributed by atoms with Crippen molar-refractivity contribution in [3.63, 3.8) is 0 Å². The predicted molar refractivity (Wildman–Crippen MR) is 134 cm³/mol. The van der Waals surface area contributed by atoms with Crippen LogP contribution in [0.1, 0.15) is 89.7 Å². The monoisotopic (exact) mass is 424 g/mol. The van der Waals surface area contributed by atoms with Gasteiger partial charge in [0.1, 0.15) is 12.1 Å². The Kier molecular flexibility index (Phi) is 10.8. The van der Waals surface area contributed by atoms with Gasteiger partial charge in [-0.3, -0.25) is 0 Å². The zero-order valence-corrected chi connectivity index (χ0v) is 20.5. The number of hydrogen-bond acceptors (Lipinski definition) is 1. The minimum absolute atomic E-state index is 0.211. The van der Waals surface area contributed by atoms with Gasteiger partial charge in [0.2, 0.25) is 0 Å². The fourth-order valence-electron chi connectivity index (χ4n) is 5.08. The predicted octanol–water partition coefficient (Wildman–Crippen LogP) is 7.18. The third-order valence-corrected chi connectivity index (χ3v) is 6.68. The topological polar surface area (TPSA) is 20.2 Å². The van der Waals surface area contributed by atoms with Gasteiger partial charge in [0.25, 0.3) is 0 Å². The number of quaternary nitrogens is 1. The highest BCUT2D eigenvalue weighted by Crippen LogP contribution is 2.34. The molecule has 1 N–H and O–H groups in total. The number of hydrogen-bond donors (Lipinski definition) is 1. The summed E-state index contributed by atoms with van der Waals surface area (Å²) in [6.45, 7) is 13.4. The molecule has 0 saturated heterocycles. The van der Waals surface area contributed by atoms with Gasteiger partial charge in [-0.25, -0.2) is 0 Å². The molecule has 0 aliphatic carbocycles. The molecule has 0 radical (unpaired) electrons. The zero-order chi connectivity index (χ0) is 22.6. The molecule has 31 heavy (non-hydrogen) atoms. The van der Waals surface area contributed by atoms with Gasteiger partial charge in [-0.15, -0.1) is 0 Å². The van der Waals surface area contributed by atoms with Crippen molar-refractivity contribution in [3.05, 3.63) is 71.8 Å². The van der Waals surface area contributed by atoms with E-state index in [9.17, 15) is 5.11 Å². The lowest BCUT2D eigenvalue weighted by atomic mass is 9.81. The first kappa shape index (κ1) is 25.6. The summed E-state index contributed by atoms with van der Waals surface area (Å²) in [6.07, 6.45) is 8.13. The van der Waals surface area contributed by atoms with E-state index < -0.39 is 5.60 Å². The van der Waals surface area contributed by atoms with Crippen molar-refractivity contribution in [2.24, 2.45) is 0 Å². The summed E-state index contributed by atoms with van der Waals surface area (Å²) in [5, 5.41) is 11.8. The SMILES string of the molecule is CCCC[N+](CCCC)(CCCC)CC(C)(O)CC(c1ccccc1)c1ccccc1. The van der Waals surface area contributed by atoms with Crippen LogP contribution < -0.4 is 0 Å². The molecule has 0 spiro atoms. The summed E-state index contributed by atoms with van der Waals surface area (Å²) in [4.78, 5) is 0. The van der Waals surface area contributed by atoms with Crippen LogP contribution in [0.25, 0.3) is 0 Å². The van der Waals surface area contributed by atoms with Crippen molar-refractivity contribution < 1.29 is 9.59 Å². The summed E-state index contributed by atoms with van der Waals surface area (Å²) in [5.41, 5.74) is 1.87. The van der Waals surface area contributed by atoms with Gasteiger partial charge in [-0.2, -0.15) is 0 Å². The molecule has 0 amide bonds. The highest BCUT2D eigenvalue weighted by molar-refractivity contribution is 5.32. The number of rotatable bonds is 15. The summed E-state index contributed by atoms with van der Waals surface area (Å²) in [5.74, 6) is 0.211. The Bertz CT molecular complexity index is 649. The molecule has 2 rings (SSSR count). The van der Waals surface area contributed by atoms with Gasteiger partial charge in [-0.1, -0.05) is 101 Å². The Morgan fingerprint density at radius 1 is 0.710 bits per heavy atom. The van der Waals surface area contributed by atoms with E-state index in [-0.39, 0.29) is 5.92 Å². The van der Waals surface area contributed by atoms with Crippen LogP contribution in [-0.4, -0.2) is 41.4 Å². The van der Waals surface area contributed by atoms with Crippen molar-refractivity contribution in [2.75, 3.05) is 26.2 Å². The summed E-state index contributed by atoms with van der Waals surface area (Å²) in [7, 11) is 0. The molecule has 0 fully saturated rings. The second kappa shape index (κ2) is 13.0. The summed E-state index contributed by atoms with van der Waals surface area (Å²) in [6, 6.07) is 21.4. The minimum Gasteiger partial charge on any atom is -0.384 e. The van der Waals surface area contributed by atoms with Crippen LogP contribution in [0.5, 0.6) is 0 Å². The van der Waals surface area contributed by atoms with Gasteiger partial charge >= 0.3 is 0 Å². The van der Waals surface area contributed by atoms with Crippen molar-refractivity contribution in [2.45, 2.75) is 84.2 Å². The standard InChI is InChI=1S/C29H46NO/c1-5-8-21-30(22-9-6-2,23-10-7-3)25-29(4,31)24-28(26-17-13-11-14-18-26)27-19-15-12-16-20-27/h11-20,28,31H,5-10,21-25H2,1-4H3/q+1. The maximum absolute atomic E-state index is 11.8. The smallest absolute Gasteiger partial charge is 0.111 e. The highest BCUT2D eigenvalue weighted by atomic mass is 16.3. The lowest BCUT2D eigenvalue weighted by molar-refractivity contribution is -0.934. The molecule has 2 aromatic carbocycles. The lowest BCUT2D eigenvalue weighted by Crippen LogP contribution is -2.57. The van der Waals surface area contributed by atoms with Crippen LogP contribution in [0.2, 0.25) is 0 Å². The van der Waals surface area contributed by atoms with Gasteiger partial charge in [0.05, 0.1) is 19.6 Å². The van der Waals surface area contributed by atoms with Crippen molar-refractivity contribution in [3.8, 4) is 0 Å². The third-order valence-electron chi connectivity index (χ3n) is 6.68. The molecule has 0 heterocycles. The van der Waals surface area contributed by atoms with Crippen LogP contribution in [0.4, 0.5) is 0 Å². The fraction of sp³-hybridized carbons (Fsp3) is 0.586. The van der Waals surface area contributed by atoms with E-state index in [0.717, 1.165) is 17.4 Å². The van der Waals surface area contributed by atoms with Gasteiger partial charge in [0, 0.05) is 5.92 Å². The lowest BCUT2D eigenvalue weighted by Gasteiger charge is -2.44. The second-order valence-corrected chi connectivity index (χ2v) is 9.81. The quantitative estimate of drug-likeness (QED) is 0.300. The Morgan fingerprint density at radius 2 is 1.10 bits per heavy atom. The van der Waals surface area contributed by atoms with Crippen LogP contribution >= 0.6 is 0 Å². The van der Waals surface area contributed by atoms with E-state index >= 15 is 0 Å². The first-order valence-corrected chi connectivity index (χ1v) is 12.6. The fourth-order valence-corrected chi connectivity index (χ4v) is 5.08. The molecule has 0 bridgehead atoms. The summed E-state index contributed by atoms with van der Waals surface area (Å²) < 4.78 is 1.07. The van der Waals surface area contributed by atoms with Crippen molar-refractivity contribution >= 4 is 0 Å². The second-order valence-electron chi connectivity index (χ2n) is 9.81. The highest BCUT2D eigenvalue weighted by Gasteiger charge is 2.38. The van der Waals surface area contributed by atoms with Crippen LogP contribution in [0.15, 0.2) is 60.7 Å². The average Bonchev–Trinajstić information content (AvgIpc) is 2.79. The van der Waals surface area contributed by atoms with E-state index in [1.807, 2.05) is 0 Å². The average molecular weight is 425 g/mol. The molecular formula is C29H46NO+. The molecular weight excluding hydrogens is 378 g/mol. The first-order valence-electron chi connectivity index (χ1n) is 12.6. The minimum atomic E-state index is -0.717. The number of unbranched alkanes of at least 4 members (excludes halogenated alkanes) is 3. The van der Waals surface area contributed by atoms with Crippen molar-refractivity contribution in [1.82, 2.24) is 0 Å². The van der Waals surface area contributed by atoms with E-state index in [2.05, 4.69) is 88.4 Å². The Hall–Kier alpha value is -1.64. The molecule has 0 saturated carbocycles. The summed E-state index contributed by atoms with van der Waals surface area (Å²) >= 11 is 0. The Morgan fingerprint density at radius 3 is 1.45 bits per heavy atom. The zero-order valence-electron chi connectivity index (χ0n) is 20.5. The molecule has 0 aromatic heterocycles. The third kappa shape index (κ3) is 8.43. The maximum Gasteiger partial charge on any atom is 0.111 e. The molecule has 0 aliphatic rings. The van der Waals surface area contributed by atoms with Crippen LogP contribution in [0, 0.1) is 0 Å². The molecule has 1 unspecified atom stereocenters. The number of benzene rings is 2. The van der Waals surface area contributed by atoms with E-state index in [0.29, 0.717) is 0 Å². The molecule has 2 aromatic rings. The molecule has 2 nitrogen and oxygen atoms in total. The van der Waals surface area contributed by atoms with Gasteiger partial charge in [0.15, 0.2) is 0 Å². The van der Waals surface area contributed by atoms with Crippen LogP contribution in [-0.2, 0) is 0 Å². The van der Waals surface area contributed by atoms with Crippen LogP contribution in [0.3, 0.4) is 0 Å². The number of aliphatic hydroxyl groups is 1. The molecule has 2 heteroatoms. The molecule has 1 atom stereocenters. The number of nitrogens with zero attached hydrogens (tertiary/aromatic N) is 1. The van der Waals surface area contributed by atoms with Gasteiger partial charge in [-0.05, 0) is 43.7 Å². The van der Waals surface area contributed by atoms with Gasteiger partial charge < -0.3 is 9.59 Å². The normalized spacial score (nSPS) is 14.0.